The first-order valence-electron chi connectivity index (χ1n) is 8.06. The summed E-state index contributed by atoms with van der Waals surface area (Å²) >= 11 is 0. The molecule has 0 atom stereocenters. The first-order chi connectivity index (χ1) is 10.9. The molecule has 112 valence electrons. The SMILES string of the molecule is c1ccc(-c2cnc3[nH]ccc3c2NC2CCCCC2)nc1. The maximum absolute atomic E-state index is 4.54. The Morgan fingerprint density at radius 3 is 2.77 bits per heavy atom. The largest absolute Gasteiger partial charge is 0.381 e. The van der Waals surface area contributed by atoms with Gasteiger partial charge < -0.3 is 10.3 Å². The first-order valence-corrected chi connectivity index (χ1v) is 8.06. The van der Waals surface area contributed by atoms with Crippen molar-refractivity contribution in [2.24, 2.45) is 0 Å². The van der Waals surface area contributed by atoms with Crippen molar-refractivity contribution in [3.05, 3.63) is 42.9 Å². The van der Waals surface area contributed by atoms with Crippen LogP contribution in [-0.2, 0) is 0 Å². The van der Waals surface area contributed by atoms with Crippen molar-refractivity contribution in [3.8, 4) is 11.3 Å². The van der Waals surface area contributed by atoms with Crippen molar-refractivity contribution in [1.82, 2.24) is 15.0 Å². The average molecular weight is 292 g/mol. The third-order valence-electron chi connectivity index (χ3n) is 4.48. The molecule has 3 aromatic heterocycles. The Hall–Kier alpha value is -2.36. The van der Waals surface area contributed by atoms with Gasteiger partial charge in [-0.15, -0.1) is 0 Å². The van der Waals surface area contributed by atoms with E-state index in [1.165, 1.54) is 32.1 Å². The molecule has 1 aliphatic rings. The molecule has 0 amide bonds. The van der Waals surface area contributed by atoms with E-state index in [-0.39, 0.29) is 0 Å². The minimum Gasteiger partial charge on any atom is -0.381 e. The van der Waals surface area contributed by atoms with Crippen molar-refractivity contribution in [1.29, 1.82) is 0 Å². The molecular weight excluding hydrogens is 272 g/mol. The Labute approximate surface area is 130 Å². The predicted molar refractivity (Wildman–Crippen MR) is 89.8 cm³/mol. The number of fused-ring (bicyclic) bond motifs is 1. The van der Waals surface area contributed by atoms with E-state index in [0.717, 1.165) is 28.0 Å². The van der Waals surface area contributed by atoms with Crippen LogP contribution in [0, 0.1) is 0 Å². The van der Waals surface area contributed by atoms with Crippen LogP contribution in [0.4, 0.5) is 5.69 Å². The lowest BCUT2D eigenvalue weighted by Gasteiger charge is -2.25. The molecule has 22 heavy (non-hydrogen) atoms. The zero-order valence-corrected chi connectivity index (χ0v) is 12.5. The summed E-state index contributed by atoms with van der Waals surface area (Å²) in [5.74, 6) is 0. The minimum absolute atomic E-state index is 0.553. The van der Waals surface area contributed by atoms with Crippen LogP contribution >= 0.6 is 0 Å². The third kappa shape index (κ3) is 2.45. The van der Waals surface area contributed by atoms with E-state index in [4.69, 9.17) is 0 Å². The highest BCUT2D eigenvalue weighted by molar-refractivity contribution is 5.97. The summed E-state index contributed by atoms with van der Waals surface area (Å²) in [4.78, 5) is 12.2. The molecule has 4 rings (SSSR count). The molecule has 3 aromatic rings. The molecule has 0 aliphatic heterocycles. The number of aromatic nitrogens is 3. The van der Waals surface area contributed by atoms with E-state index < -0.39 is 0 Å². The molecule has 1 aliphatic carbocycles. The summed E-state index contributed by atoms with van der Waals surface area (Å²) in [5.41, 5.74) is 4.14. The van der Waals surface area contributed by atoms with Crippen LogP contribution in [0.1, 0.15) is 32.1 Å². The second kappa shape index (κ2) is 5.79. The number of aromatic amines is 1. The second-order valence-electron chi connectivity index (χ2n) is 5.98. The van der Waals surface area contributed by atoms with Gasteiger partial charge in [0.2, 0.25) is 0 Å². The summed E-state index contributed by atoms with van der Waals surface area (Å²) in [5, 5.41) is 4.92. The van der Waals surface area contributed by atoms with E-state index >= 15 is 0 Å². The number of nitrogens with zero attached hydrogens (tertiary/aromatic N) is 2. The molecular formula is C18H20N4. The number of hydrogen-bond acceptors (Lipinski definition) is 3. The van der Waals surface area contributed by atoms with Gasteiger partial charge in [0, 0.05) is 35.6 Å². The number of nitrogens with one attached hydrogen (secondary N) is 2. The van der Waals surface area contributed by atoms with Gasteiger partial charge in [-0.05, 0) is 31.0 Å². The van der Waals surface area contributed by atoms with E-state index in [2.05, 4.69) is 26.3 Å². The number of rotatable bonds is 3. The van der Waals surface area contributed by atoms with Gasteiger partial charge in [-0.2, -0.15) is 0 Å². The minimum atomic E-state index is 0.553. The molecule has 0 aromatic carbocycles. The molecule has 4 nitrogen and oxygen atoms in total. The zero-order chi connectivity index (χ0) is 14.8. The maximum atomic E-state index is 4.54. The molecule has 1 fully saturated rings. The smallest absolute Gasteiger partial charge is 0.139 e. The number of anilines is 1. The normalized spacial score (nSPS) is 16.0. The third-order valence-corrected chi connectivity index (χ3v) is 4.48. The maximum Gasteiger partial charge on any atom is 0.139 e. The van der Waals surface area contributed by atoms with Gasteiger partial charge in [0.1, 0.15) is 5.65 Å². The molecule has 1 saturated carbocycles. The molecule has 2 N–H and O–H groups in total. The van der Waals surface area contributed by atoms with Crippen LogP contribution in [0.5, 0.6) is 0 Å². The van der Waals surface area contributed by atoms with Crippen LogP contribution in [-0.4, -0.2) is 21.0 Å². The van der Waals surface area contributed by atoms with Crippen molar-refractivity contribution < 1.29 is 0 Å². The highest BCUT2D eigenvalue weighted by Gasteiger charge is 2.18. The molecule has 0 unspecified atom stereocenters. The van der Waals surface area contributed by atoms with Crippen molar-refractivity contribution >= 4 is 16.7 Å². The zero-order valence-electron chi connectivity index (χ0n) is 12.5. The van der Waals surface area contributed by atoms with E-state index in [1.807, 2.05) is 36.8 Å². The van der Waals surface area contributed by atoms with Gasteiger partial charge >= 0.3 is 0 Å². The quantitative estimate of drug-likeness (QED) is 0.753. The summed E-state index contributed by atoms with van der Waals surface area (Å²) in [6.45, 7) is 0. The van der Waals surface area contributed by atoms with Crippen LogP contribution < -0.4 is 5.32 Å². The Kier molecular flexibility index (Phi) is 3.51. The molecule has 0 radical (unpaired) electrons. The van der Waals surface area contributed by atoms with E-state index in [1.54, 1.807) is 0 Å². The van der Waals surface area contributed by atoms with Crippen LogP contribution in [0.15, 0.2) is 42.9 Å². The van der Waals surface area contributed by atoms with Crippen molar-refractivity contribution in [2.45, 2.75) is 38.1 Å². The Morgan fingerprint density at radius 2 is 1.95 bits per heavy atom. The topological polar surface area (TPSA) is 53.6 Å². The number of H-pyrrole nitrogens is 1. The number of hydrogen-bond donors (Lipinski definition) is 2. The molecule has 0 bridgehead atoms. The van der Waals surface area contributed by atoms with Gasteiger partial charge in [0.25, 0.3) is 0 Å². The van der Waals surface area contributed by atoms with E-state index in [0.29, 0.717) is 6.04 Å². The van der Waals surface area contributed by atoms with E-state index in [9.17, 15) is 0 Å². The van der Waals surface area contributed by atoms with Gasteiger partial charge in [0.15, 0.2) is 0 Å². The lowest BCUT2D eigenvalue weighted by Crippen LogP contribution is -2.22. The molecule has 3 heterocycles. The monoisotopic (exact) mass is 292 g/mol. The fraction of sp³-hybridized carbons (Fsp3) is 0.333. The lowest BCUT2D eigenvalue weighted by atomic mass is 9.94. The Balaban J connectivity index is 1.80. The molecule has 4 heteroatoms. The van der Waals surface area contributed by atoms with Gasteiger partial charge in [0.05, 0.1) is 11.4 Å². The average Bonchev–Trinajstić information content (AvgIpc) is 3.06. The molecule has 0 spiro atoms. The highest BCUT2D eigenvalue weighted by atomic mass is 15.0. The number of pyridine rings is 2. The van der Waals surface area contributed by atoms with Crippen LogP contribution in [0.2, 0.25) is 0 Å². The van der Waals surface area contributed by atoms with Gasteiger partial charge in [-0.25, -0.2) is 4.98 Å². The summed E-state index contributed by atoms with van der Waals surface area (Å²) < 4.78 is 0. The Bertz CT molecular complexity index is 757. The molecule has 0 saturated heterocycles. The van der Waals surface area contributed by atoms with Crippen LogP contribution in [0.25, 0.3) is 22.3 Å². The standard InChI is InChI=1S/C18H20N4/c1-2-6-13(7-3-1)22-17-14-9-11-20-18(14)21-12-15(17)16-8-4-5-10-19-16/h4-5,8-13H,1-3,6-7H2,(H2,20,21,22). The summed E-state index contributed by atoms with van der Waals surface area (Å²) in [6, 6.07) is 8.66. The second-order valence-corrected chi connectivity index (χ2v) is 5.98. The highest BCUT2D eigenvalue weighted by Crippen LogP contribution is 2.34. The fourth-order valence-electron chi connectivity index (χ4n) is 3.33. The Morgan fingerprint density at radius 1 is 1.05 bits per heavy atom. The first kappa shape index (κ1) is 13.3. The van der Waals surface area contributed by atoms with Crippen LogP contribution in [0.3, 0.4) is 0 Å². The predicted octanol–water partition coefficient (Wildman–Crippen LogP) is 4.37. The fourth-order valence-corrected chi connectivity index (χ4v) is 3.33. The lowest BCUT2D eigenvalue weighted by molar-refractivity contribution is 0.463. The van der Waals surface area contributed by atoms with Crippen molar-refractivity contribution in [2.75, 3.05) is 5.32 Å². The summed E-state index contributed by atoms with van der Waals surface area (Å²) in [7, 11) is 0. The van der Waals surface area contributed by atoms with Gasteiger partial charge in [-0.1, -0.05) is 25.3 Å². The summed E-state index contributed by atoms with van der Waals surface area (Å²) in [6.07, 6.45) is 12.2. The van der Waals surface area contributed by atoms with Crippen molar-refractivity contribution in [3.63, 3.8) is 0 Å². The van der Waals surface area contributed by atoms with Gasteiger partial charge in [-0.3, -0.25) is 4.98 Å².